The normalized spacial score (nSPS) is 17.2. The number of phenolic OH excluding ortho intramolecular Hbond substituents is 1. The van der Waals surface area contributed by atoms with Crippen LogP contribution in [0.5, 0.6) is 17.2 Å². The second kappa shape index (κ2) is 7.62. The van der Waals surface area contributed by atoms with Crippen LogP contribution in [0, 0.1) is 0 Å². The molecule has 5 heteroatoms. The molecule has 2 atom stereocenters. The lowest BCUT2D eigenvalue weighted by atomic mass is 10.0. The second-order valence-electron chi connectivity index (χ2n) is 6.77. The van der Waals surface area contributed by atoms with Crippen molar-refractivity contribution >= 4 is 21.5 Å². The van der Waals surface area contributed by atoms with Crippen LogP contribution in [0.15, 0.2) is 42.5 Å². The number of hydrogen-bond acceptors (Lipinski definition) is 5. The zero-order valence-corrected chi connectivity index (χ0v) is 15.6. The van der Waals surface area contributed by atoms with Crippen molar-refractivity contribution in [2.24, 2.45) is 0 Å². The molecule has 2 unspecified atom stereocenters. The van der Waals surface area contributed by atoms with Gasteiger partial charge in [-0.25, -0.2) is 0 Å². The fourth-order valence-electron chi connectivity index (χ4n) is 3.19. The molecule has 27 heavy (non-hydrogen) atoms. The zero-order valence-electron chi connectivity index (χ0n) is 15.6. The number of aromatic hydroxyl groups is 1. The van der Waals surface area contributed by atoms with Crippen LogP contribution in [-0.2, 0) is 9.47 Å². The van der Waals surface area contributed by atoms with Gasteiger partial charge in [-0.3, -0.25) is 0 Å². The van der Waals surface area contributed by atoms with E-state index < -0.39 is 0 Å². The molecule has 1 aliphatic rings. The molecule has 0 aromatic heterocycles. The van der Waals surface area contributed by atoms with Gasteiger partial charge in [0.2, 0.25) is 0 Å². The summed E-state index contributed by atoms with van der Waals surface area (Å²) in [5.74, 6) is 1.71. The first-order valence-electron chi connectivity index (χ1n) is 9.33. The number of ether oxygens (including phenoxy) is 4. The average Bonchev–Trinajstić information content (AvgIpc) is 3.51. The largest absolute Gasteiger partial charge is 0.507 e. The Bertz CT molecular complexity index is 948. The van der Waals surface area contributed by atoms with Crippen LogP contribution in [0.3, 0.4) is 0 Å². The molecular weight excluding hydrogens is 344 g/mol. The van der Waals surface area contributed by atoms with E-state index in [1.807, 2.05) is 56.3 Å². The predicted molar refractivity (Wildman–Crippen MR) is 105 cm³/mol. The molecule has 1 fully saturated rings. The molecule has 1 heterocycles. The van der Waals surface area contributed by atoms with Crippen LogP contribution in [0.2, 0.25) is 0 Å². The topological polar surface area (TPSA) is 60.5 Å². The van der Waals surface area contributed by atoms with Crippen LogP contribution < -0.4 is 9.47 Å². The summed E-state index contributed by atoms with van der Waals surface area (Å²) in [6.45, 7) is 6.29. The minimum absolute atomic E-state index is 0.0560. The maximum Gasteiger partial charge on any atom is 0.135 e. The van der Waals surface area contributed by atoms with Gasteiger partial charge >= 0.3 is 0 Å². The Morgan fingerprint density at radius 1 is 1.07 bits per heavy atom. The summed E-state index contributed by atoms with van der Waals surface area (Å²) in [6.07, 6.45) is 0.180. The van der Waals surface area contributed by atoms with E-state index in [1.165, 1.54) is 0 Å². The van der Waals surface area contributed by atoms with Crippen molar-refractivity contribution in [1.29, 1.82) is 0 Å². The van der Waals surface area contributed by atoms with E-state index in [9.17, 15) is 5.11 Å². The van der Waals surface area contributed by atoms with E-state index in [2.05, 4.69) is 0 Å². The van der Waals surface area contributed by atoms with Gasteiger partial charge in [-0.15, -0.1) is 0 Å². The van der Waals surface area contributed by atoms with Gasteiger partial charge in [0.15, 0.2) is 0 Å². The molecule has 3 aromatic rings. The second-order valence-corrected chi connectivity index (χ2v) is 6.77. The highest BCUT2D eigenvalue weighted by Crippen LogP contribution is 2.43. The van der Waals surface area contributed by atoms with Crippen LogP contribution in [0.25, 0.3) is 21.5 Å². The van der Waals surface area contributed by atoms with Crippen molar-refractivity contribution in [2.75, 3.05) is 26.4 Å². The maximum atomic E-state index is 10.8. The lowest BCUT2D eigenvalue weighted by Gasteiger charge is -2.18. The molecular formula is C22H24O5. The van der Waals surface area contributed by atoms with Gasteiger partial charge in [-0.1, -0.05) is 24.3 Å². The van der Waals surface area contributed by atoms with Gasteiger partial charge in [0.25, 0.3) is 0 Å². The van der Waals surface area contributed by atoms with Crippen molar-refractivity contribution in [2.45, 2.75) is 26.1 Å². The summed E-state index contributed by atoms with van der Waals surface area (Å²) >= 11 is 0. The standard InChI is InChI=1S/C22H24O5/c1-3-24-15-8-9-19-20(10-15)21(23)17-6-4-5-7-18(17)22(19)27-11-14(2)25-12-16-13-26-16/h4-10,14,16,23H,3,11-13H2,1-2H3. The van der Waals surface area contributed by atoms with Gasteiger partial charge in [-0.05, 0) is 32.0 Å². The van der Waals surface area contributed by atoms with Crippen LogP contribution in [0.1, 0.15) is 13.8 Å². The molecule has 0 aliphatic carbocycles. The number of rotatable bonds is 8. The summed E-state index contributed by atoms with van der Waals surface area (Å²) in [7, 11) is 0. The van der Waals surface area contributed by atoms with Crippen LogP contribution in [-0.4, -0.2) is 43.7 Å². The van der Waals surface area contributed by atoms with Crippen molar-refractivity contribution in [1.82, 2.24) is 0 Å². The number of fused-ring (bicyclic) bond motifs is 2. The fraction of sp³-hybridized carbons (Fsp3) is 0.364. The van der Waals surface area contributed by atoms with Gasteiger partial charge in [0.05, 0.1) is 25.9 Å². The molecule has 0 saturated carbocycles. The highest BCUT2D eigenvalue weighted by atomic mass is 16.6. The third-order valence-corrected chi connectivity index (χ3v) is 4.66. The minimum Gasteiger partial charge on any atom is -0.507 e. The molecule has 0 spiro atoms. The first-order valence-corrected chi connectivity index (χ1v) is 9.33. The van der Waals surface area contributed by atoms with Crippen molar-refractivity contribution in [3.63, 3.8) is 0 Å². The van der Waals surface area contributed by atoms with Gasteiger partial charge in [-0.2, -0.15) is 0 Å². The predicted octanol–water partition coefficient (Wildman–Crippen LogP) is 4.28. The van der Waals surface area contributed by atoms with E-state index in [4.69, 9.17) is 18.9 Å². The average molecular weight is 368 g/mol. The SMILES string of the molecule is CCOc1ccc2c(OCC(C)OCC3CO3)c3ccccc3c(O)c2c1. The fourth-order valence-corrected chi connectivity index (χ4v) is 3.19. The third-order valence-electron chi connectivity index (χ3n) is 4.66. The van der Waals surface area contributed by atoms with E-state index in [0.717, 1.165) is 39.7 Å². The van der Waals surface area contributed by atoms with E-state index in [0.29, 0.717) is 19.8 Å². The molecule has 142 valence electrons. The van der Waals surface area contributed by atoms with Gasteiger partial charge in [0, 0.05) is 21.5 Å². The monoisotopic (exact) mass is 368 g/mol. The smallest absolute Gasteiger partial charge is 0.135 e. The molecule has 0 amide bonds. The first-order chi connectivity index (χ1) is 13.2. The Balaban J connectivity index is 1.70. The molecule has 0 radical (unpaired) electrons. The van der Waals surface area contributed by atoms with Gasteiger partial charge in [0.1, 0.15) is 30.0 Å². The Morgan fingerprint density at radius 3 is 2.56 bits per heavy atom. The quantitative estimate of drug-likeness (QED) is 0.475. The number of hydrogen-bond donors (Lipinski definition) is 1. The highest BCUT2D eigenvalue weighted by Gasteiger charge is 2.23. The van der Waals surface area contributed by atoms with Crippen molar-refractivity contribution < 1.29 is 24.1 Å². The lowest BCUT2D eigenvalue weighted by molar-refractivity contribution is 0.0248. The zero-order chi connectivity index (χ0) is 18.8. The Labute approximate surface area is 158 Å². The van der Waals surface area contributed by atoms with E-state index >= 15 is 0 Å². The van der Waals surface area contributed by atoms with E-state index in [-0.39, 0.29) is 18.0 Å². The Kier molecular flexibility index (Phi) is 5.05. The summed E-state index contributed by atoms with van der Waals surface area (Å²) in [4.78, 5) is 0. The summed E-state index contributed by atoms with van der Waals surface area (Å²) in [5.41, 5.74) is 0. The lowest BCUT2D eigenvalue weighted by Crippen LogP contribution is -2.20. The Hall–Kier alpha value is -2.50. The minimum atomic E-state index is -0.0560. The molecule has 4 rings (SSSR count). The summed E-state index contributed by atoms with van der Waals surface area (Å²) < 4.78 is 22.7. The third kappa shape index (κ3) is 3.80. The van der Waals surface area contributed by atoms with Crippen LogP contribution in [0.4, 0.5) is 0 Å². The number of phenols is 1. The molecule has 3 aromatic carbocycles. The first kappa shape index (κ1) is 17.9. The number of benzene rings is 3. The van der Waals surface area contributed by atoms with Gasteiger partial charge < -0.3 is 24.1 Å². The van der Waals surface area contributed by atoms with E-state index in [1.54, 1.807) is 0 Å². The number of epoxide rings is 1. The summed E-state index contributed by atoms with van der Waals surface area (Å²) in [6, 6.07) is 13.4. The highest BCUT2D eigenvalue weighted by molar-refractivity contribution is 6.11. The molecule has 1 N–H and O–H groups in total. The summed E-state index contributed by atoms with van der Waals surface area (Å²) in [5, 5.41) is 14.0. The molecule has 5 nitrogen and oxygen atoms in total. The Morgan fingerprint density at radius 2 is 1.81 bits per heavy atom. The van der Waals surface area contributed by atoms with Crippen molar-refractivity contribution in [3.8, 4) is 17.2 Å². The molecule has 1 saturated heterocycles. The maximum absolute atomic E-state index is 10.8. The molecule has 1 aliphatic heterocycles. The molecule has 0 bridgehead atoms. The van der Waals surface area contributed by atoms with Crippen molar-refractivity contribution in [3.05, 3.63) is 42.5 Å². The van der Waals surface area contributed by atoms with Crippen LogP contribution >= 0.6 is 0 Å².